The molecule has 45 heavy (non-hydrogen) atoms. The molecule has 2 aromatic rings. The molecule has 4 amide bonds. The fourth-order valence-corrected chi connectivity index (χ4v) is 6.38. The van der Waals surface area contributed by atoms with E-state index in [0.29, 0.717) is 51.5 Å². The standard InChI is InChI=1S/C34H49N5O6/c1-5-22(3)30-34(44)38-19-13-12-18-29(38)33(43)35-26(16-9-7-8-14-24(40)6-2)31(41)36-27(32(42)37-30)20-23-21-39(45-4)28-17-11-10-15-25(23)28/h10-11,15,17,21-22,26-27,29-30H,5-9,12-14,16,18-20H2,1-4H3,(H,35,43)(H,36,41)(H,37,42)/t22?,26-,27+,29?,30-/m0/s1. The number of ketones is 1. The number of hydrogen-bond donors (Lipinski definition) is 3. The number of piperidine rings is 1. The van der Waals surface area contributed by atoms with Crippen LogP contribution >= 0.6 is 0 Å². The Kier molecular flexibility index (Phi) is 12.0. The van der Waals surface area contributed by atoms with E-state index in [0.717, 1.165) is 35.7 Å². The highest BCUT2D eigenvalue weighted by Gasteiger charge is 2.40. The van der Waals surface area contributed by atoms with E-state index in [-0.39, 0.29) is 29.9 Å². The second kappa shape index (κ2) is 15.9. The molecule has 0 bridgehead atoms. The zero-order chi connectivity index (χ0) is 32.5. The Balaban J connectivity index is 1.66. The van der Waals surface area contributed by atoms with Crippen molar-refractivity contribution in [2.75, 3.05) is 13.7 Å². The number of amides is 4. The third-order valence-electron chi connectivity index (χ3n) is 9.36. The molecule has 2 unspecified atom stereocenters. The van der Waals surface area contributed by atoms with Crippen LogP contribution < -0.4 is 20.8 Å². The molecule has 2 fully saturated rings. The number of aromatic nitrogens is 1. The average Bonchev–Trinajstić information content (AvgIpc) is 3.41. The largest absolute Gasteiger partial charge is 0.417 e. The van der Waals surface area contributed by atoms with Crippen molar-refractivity contribution in [1.29, 1.82) is 0 Å². The SMILES string of the molecule is CCC(=O)CCCCC[C@@H]1NC(=O)C2CCCCN2C(=O)[C@H](C(C)CC)NC(=O)[C@@H](Cc2cn(OC)c3ccccc23)NC1=O. The van der Waals surface area contributed by atoms with Crippen LogP contribution in [0, 0.1) is 5.92 Å². The predicted octanol–water partition coefficient (Wildman–Crippen LogP) is 3.07. The van der Waals surface area contributed by atoms with Crippen LogP contribution in [0.2, 0.25) is 0 Å². The van der Waals surface area contributed by atoms with Crippen molar-refractivity contribution in [2.45, 2.75) is 116 Å². The van der Waals surface area contributed by atoms with E-state index in [1.165, 1.54) is 0 Å². The van der Waals surface area contributed by atoms with E-state index in [4.69, 9.17) is 4.84 Å². The van der Waals surface area contributed by atoms with Crippen molar-refractivity contribution in [3.05, 3.63) is 36.0 Å². The number of hydrogen-bond acceptors (Lipinski definition) is 6. The van der Waals surface area contributed by atoms with Crippen LogP contribution in [0.4, 0.5) is 0 Å². The normalized spacial score (nSPS) is 23.7. The van der Waals surface area contributed by atoms with Gasteiger partial charge in [-0.1, -0.05) is 58.2 Å². The van der Waals surface area contributed by atoms with Crippen LogP contribution in [0.25, 0.3) is 10.9 Å². The minimum Gasteiger partial charge on any atom is -0.417 e. The molecule has 3 N–H and O–H groups in total. The fraction of sp³-hybridized carbons (Fsp3) is 0.618. The first-order valence-electron chi connectivity index (χ1n) is 16.5. The van der Waals surface area contributed by atoms with Crippen LogP contribution in [-0.2, 0) is 30.4 Å². The molecule has 11 nitrogen and oxygen atoms in total. The first kappa shape index (κ1) is 34.0. The zero-order valence-electron chi connectivity index (χ0n) is 27.1. The van der Waals surface area contributed by atoms with Crippen LogP contribution in [0.15, 0.2) is 30.5 Å². The van der Waals surface area contributed by atoms with Gasteiger partial charge >= 0.3 is 0 Å². The number of benzene rings is 1. The maximum Gasteiger partial charge on any atom is 0.246 e. The van der Waals surface area contributed by atoms with Gasteiger partial charge in [0.15, 0.2) is 0 Å². The molecule has 1 aromatic carbocycles. The molecule has 0 radical (unpaired) electrons. The number of fused-ring (bicyclic) bond motifs is 2. The Hall–Kier alpha value is -3.89. The molecule has 1 aromatic heterocycles. The van der Waals surface area contributed by atoms with E-state index in [9.17, 15) is 24.0 Å². The van der Waals surface area contributed by atoms with Gasteiger partial charge in [0, 0.05) is 37.4 Å². The molecular formula is C34H49N5O6. The van der Waals surface area contributed by atoms with Crippen molar-refractivity contribution >= 4 is 40.3 Å². The number of carbonyl (C=O) groups is 5. The van der Waals surface area contributed by atoms with Gasteiger partial charge in [0.25, 0.3) is 0 Å². The van der Waals surface area contributed by atoms with Crippen LogP contribution in [-0.4, -0.2) is 76.9 Å². The molecule has 2 saturated heterocycles. The van der Waals surface area contributed by atoms with Gasteiger partial charge in [-0.15, -0.1) is 0 Å². The Morgan fingerprint density at radius 2 is 1.69 bits per heavy atom. The van der Waals surface area contributed by atoms with Crippen LogP contribution in [0.1, 0.15) is 90.5 Å². The van der Waals surface area contributed by atoms with Crippen molar-refractivity contribution in [3.63, 3.8) is 0 Å². The third-order valence-corrected chi connectivity index (χ3v) is 9.36. The Labute approximate surface area is 265 Å². The summed E-state index contributed by atoms with van der Waals surface area (Å²) in [4.78, 5) is 74.5. The van der Waals surface area contributed by atoms with Gasteiger partial charge in [0.1, 0.15) is 37.1 Å². The molecule has 5 atom stereocenters. The van der Waals surface area contributed by atoms with Crippen molar-refractivity contribution in [2.24, 2.45) is 5.92 Å². The molecule has 0 spiro atoms. The van der Waals surface area contributed by atoms with Gasteiger partial charge in [0.2, 0.25) is 23.6 Å². The quantitative estimate of drug-likeness (QED) is 0.311. The van der Waals surface area contributed by atoms with Crippen molar-refractivity contribution in [1.82, 2.24) is 25.6 Å². The van der Waals surface area contributed by atoms with E-state index in [1.807, 2.05) is 45.0 Å². The highest BCUT2D eigenvalue weighted by atomic mass is 16.6. The molecule has 0 saturated carbocycles. The second-order valence-corrected chi connectivity index (χ2v) is 12.4. The van der Waals surface area contributed by atoms with E-state index in [2.05, 4.69) is 16.0 Å². The second-order valence-electron chi connectivity index (χ2n) is 12.4. The number of rotatable bonds is 12. The van der Waals surface area contributed by atoms with Gasteiger partial charge < -0.3 is 25.7 Å². The summed E-state index contributed by atoms with van der Waals surface area (Å²) in [5, 5.41) is 9.75. The molecule has 246 valence electrons. The molecule has 11 heteroatoms. The lowest BCUT2D eigenvalue weighted by molar-refractivity contribution is -0.147. The lowest BCUT2D eigenvalue weighted by Crippen LogP contribution is -2.64. The molecule has 3 heterocycles. The summed E-state index contributed by atoms with van der Waals surface area (Å²) in [7, 11) is 1.56. The van der Waals surface area contributed by atoms with E-state index < -0.39 is 36.0 Å². The smallest absolute Gasteiger partial charge is 0.246 e. The Morgan fingerprint density at radius 3 is 2.42 bits per heavy atom. The average molecular weight is 624 g/mol. The zero-order valence-corrected chi connectivity index (χ0v) is 27.1. The number of nitrogens with zero attached hydrogens (tertiary/aromatic N) is 2. The highest BCUT2D eigenvalue weighted by Crippen LogP contribution is 2.24. The lowest BCUT2D eigenvalue weighted by Gasteiger charge is -2.39. The maximum absolute atomic E-state index is 14.0. The van der Waals surface area contributed by atoms with Crippen molar-refractivity contribution < 1.29 is 28.8 Å². The van der Waals surface area contributed by atoms with E-state index in [1.54, 1.807) is 22.9 Å². The number of carbonyl (C=O) groups excluding carboxylic acids is 5. The summed E-state index contributed by atoms with van der Waals surface area (Å²) < 4.78 is 1.62. The predicted molar refractivity (Wildman–Crippen MR) is 171 cm³/mol. The lowest BCUT2D eigenvalue weighted by atomic mass is 9.93. The fourth-order valence-electron chi connectivity index (χ4n) is 6.38. The van der Waals surface area contributed by atoms with Gasteiger partial charge in [-0.3, -0.25) is 24.0 Å². The summed E-state index contributed by atoms with van der Waals surface area (Å²) in [5.74, 6) is -1.50. The van der Waals surface area contributed by atoms with Crippen LogP contribution in [0.3, 0.4) is 0 Å². The van der Waals surface area contributed by atoms with Gasteiger partial charge in [-0.05, 0) is 49.7 Å². The first-order chi connectivity index (χ1) is 21.7. The Morgan fingerprint density at radius 1 is 0.956 bits per heavy atom. The van der Waals surface area contributed by atoms with E-state index >= 15 is 0 Å². The summed E-state index contributed by atoms with van der Waals surface area (Å²) in [5.41, 5.74) is 1.62. The number of Topliss-reactive ketones (excluding diaryl/α,β-unsaturated/α-hetero) is 1. The summed E-state index contributed by atoms with van der Waals surface area (Å²) >= 11 is 0. The number of para-hydroxylation sites is 1. The highest BCUT2D eigenvalue weighted by molar-refractivity contribution is 5.98. The molecule has 2 aliphatic rings. The summed E-state index contributed by atoms with van der Waals surface area (Å²) in [6.45, 7) is 6.14. The topological polar surface area (TPSA) is 139 Å². The summed E-state index contributed by atoms with van der Waals surface area (Å²) in [6, 6.07) is 4.20. The molecule has 2 aliphatic heterocycles. The van der Waals surface area contributed by atoms with Crippen LogP contribution in [0.5, 0.6) is 0 Å². The molecule has 0 aliphatic carbocycles. The number of nitrogens with one attached hydrogen (secondary N) is 3. The van der Waals surface area contributed by atoms with Gasteiger partial charge in [-0.2, -0.15) is 4.73 Å². The monoisotopic (exact) mass is 623 g/mol. The minimum atomic E-state index is -1.01. The number of unbranched alkanes of at least 4 members (excludes halogenated alkanes) is 2. The first-order valence-corrected chi connectivity index (χ1v) is 16.5. The molecule has 4 rings (SSSR count). The maximum atomic E-state index is 14.0. The molecular weight excluding hydrogens is 574 g/mol. The summed E-state index contributed by atoms with van der Waals surface area (Å²) in [6.07, 6.45) is 8.07. The Bertz CT molecular complexity index is 1370. The third kappa shape index (κ3) is 8.23. The minimum absolute atomic E-state index is 0.155. The van der Waals surface area contributed by atoms with Gasteiger partial charge in [0.05, 0.1) is 5.52 Å². The van der Waals surface area contributed by atoms with Crippen molar-refractivity contribution in [3.8, 4) is 0 Å². The van der Waals surface area contributed by atoms with Gasteiger partial charge in [-0.25, -0.2) is 0 Å².